The van der Waals surface area contributed by atoms with Crippen LogP contribution in [0, 0.1) is 0 Å². The molecule has 0 saturated carbocycles. The zero-order valence-electron chi connectivity index (χ0n) is 14.7. The van der Waals surface area contributed by atoms with Crippen LogP contribution in [0.15, 0.2) is 79.0 Å². The van der Waals surface area contributed by atoms with Gasteiger partial charge in [0.1, 0.15) is 5.69 Å². The molecule has 4 heteroatoms. The highest BCUT2D eigenvalue weighted by molar-refractivity contribution is 5.92. The molecule has 2 heterocycles. The van der Waals surface area contributed by atoms with Gasteiger partial charge in [-0.2, -0.15) is 0 Å². The van der Waals surface area contributed by atoms with Crippen molar-refractivity contribution in [3.63, 3.8) is 0 Å². The van der Waals surface area contributed by atoms with Crippen LogP contribution in [0.3, 0.4) is 0 Å². The summed E-state index contributed by atoms with van der Waals surface area (Å²) in [6.07, 6.45) is 1.80. The van der Waals surface area contributed by atoms with Crippen molar-refractivity contribution in [3.05, 3.63) is 95.8 Å². The number of aromatic amines is 1. The van der Waals surface area contributed by atoms with Crippen molar-refractivity contribution in [1.29, 1.82) is 0 Å². The largest absolute Gasteiger partial charge is 0.357 e. The van der Waals surface area contributed by atoms with E-state index in [1.54, 1.807) is 6.20 Å². The van der Waals surface area contributed by atoms with Crippen molar-refractivity contribution in [2.75, 3.05) is 26.2 Å². The van der Waals surface area contributed by atoms with Gasteiger partial charge >= 0.3 is 0 Å². The second-order valence-corrected chi connectivity index (χ2v) is 6.64. The molecule has 1 aliphatic rings. The van der Waals surface area contributed by atoms with Gasteiger partial charge in [0, 0.05) is 32.4 Å². The van der Waals surface area contributed by atoms with Crippen LogP contribution >= 0.6 is 0 Å². The van der Waals surface area contributed by atoms with Crippen LogP contribution in [0.25, 0.3) is 0 Å². The second-order valence-electron chi connectivity index (χ2n) is 6.64. The average molecular weight is 345 g/mol. The molecule has 3 aromatic rings. The molecule has 2 aromatic carbocycles. The van der Waals surface area contributed by atoms with Crippen LogP contribution in [0.2, 0.25) is 0 Å². The Morgan fingerprint density at radius 2 is 1.35 bits per heavy atom. The van der Waals surface area contributed by atoms with Crippen LogP contribution in [0.1, 0.15) is 27.7 Å². The molecule has 1 aliphatic heterocycles. The molecule has 0 aliphatic carbocycles. The Kier molecular flexibility index (Phi) is 4.84. The van der Waals surface area contributed by atoms with Gasteiger partial charge in [-0.3, -0.25) is 9.69 Å². The number of carbonyl (C=O) groups excluding carboxylic acids is 1. The Labute approximate surface area is 154 Å². The molecule has 0 unspecified atom stereocenters. The number of nitrogens with one attached hydrogen (secondary N) is 1. The number of nitrogens with zero attached hydrogens (tertiary/aromatic N) is 2. The Morgan fingerprint density at radius 1 is 0.769 bits per heavy atom. The van der Waals surface area contributed by atoms with Crippen molar-refractivity contribution in [2.45, 2.75) is 6.04 Å². The average Bonchev–Trinajstić information content (AvgIpc) is 3.25. The summed E-state index contributed by atoms with van der Waals surface area (Å²) in [5.41, 5.74) is 3.26. The van der Waals surface area contributed by atoms with Gasteiger partial charge in [-0.05, 0) is 23.3 Å². The van der Waals surface area contributed by atoms with Crippen molar-refractivity contribution in [2.24, 2.45) is 0 Å². The third kappa shape index (κ3) is 3.41. The fraction of sp³-hybridized carbons (Fsp3) is 0.227. The molecule has 132 valence electrons. The lowest BCUT2D eigenvalue weighted by Crippen LogP contribution is -2.49. The van der Waals surface area contributed by atoms with E-state index in [4.69, 9.17) is 0 Å². The number of piperazine rings is 1. The summed E-state index contributed by atoms with van der Waals surface area (Å²) in [7, 11) is 0. The normalized spacial score (nSPS) is 15.3. The van der Waals surface area contributed by atoms with Crippen molar-refractivity contribution < 1.29 is 4.79 Å². The summed E-state index contributed by atoms with van der Waals surface area (Å²) in [5.74, 6) is 0.0885. The Balaban J connectivity index is 1.52. The molecule has 1 aromatic heterocycles. The van der Waals surface area contributed by atoms with Crippen LogP contribution in [-0.2, 0) is 0 Å². The van der Waals surface area contributed by atoms with E-state index in [9.17, 15) is 4.79 Å². The van der Waals surface area contributed by atoms with Crippen LogP contribution in [0.5, 0.6) is 0 Å². The van der Waals surface area contributed by atoms with Crippen molar-refractivity contribution in [3.8, 4) is 0 Å². The number of carbonyl (C=O) groups is 1. The van der Waals surface area contributed by atoms with E-state index < -0.39 is 0 Å². The molecule has 1 N–H and O–H groups in total. The molecule has 4 nitrogen and oxygen atoms in total. The highest BCUT2D eigenvalue weighted by atomic mass is 16.2. The number of aromatic nitrogens is 1. The predicted octanol–water partition coefficient (Wildman–Crippen LogP) is 3.56. The first-order valence-electron chi connectivity index (χ1n) is 9.09. The fourth-order valence-corrected chi connectivity index (χ4v) is 3.70. The van der Waals surface area contributed by atoms with Gasteiger partial charge in [0.2, 0.25) is 0 Å². The lowest BCUT2D eigenvalue weighted by molar-refractivity contribution is 0.0592. The van der Waals surface area contributed by atoms with Gasteiger partial charge in [0.25, 0.3) is 5.91 Å². The molecule has 1 saturated heterocycles. The third-order valence-electron chi connectivity index (χ3n) is 5.03. The van der Waals surface area contributed by atoms with E-state index in [0.717, 1.165) is 26.2 Å². The second kappa shape index (κ2) is 7.58. The summed E-state index contributed by atoms with van der Waals surface area (Å²) in [6.45, 7) is 3.21. The Hall–Kier alpha value is -2.85. The topological polar surface area (TPSA) is 39.3 Å². The third-order valence-corrected chi connectivity index (χ3v) is 5.03. The summed E-state index contributed by atoms with van der Waals surface area (Å²) in [4.78, 5) is 20.0. The van der Waals surface area contributed by atoms with Gasteiger partial charge in [0.05, 0.1) is 6.04 Å². The summed E-state index contributed by atoms with van der Waals surface area (Å²) >= 11 is 0. The van der Waals surface area contributed by atoms with Crippen molar-refractivity contribution in [1.82, 2.24) is 14.8 Å². The molecular weight excluding hydrogens is 322 g/mol. The number of hydrogen-bond donors (Lipinski definition) is 1. The number of hydrogen-bond acceptors (Lipinski definition) is 2. The molecule has 1 fully saturated rings. The quantitative estimate of drug-likeness (QED) is 0.785. The highest BCUT2D eigenvalue weighted by Crippen LogP contribution is 2.29. The van der Waals surface area contributed by atoms with E-state index in [1.165, 1.54) is 11.1 Å². The Bertz CT molecular complexity index is 783. The maximum Gasteiger partial charge on any atom is 0.270 e. The predicted molar refractivity (Wildman–Crippen MR) is 103 cm³/mol. The van der Waals surface area contributed by atoms with Gasteiger partial charge in [-0.1, -0.05) is 60.7 Å². The van der Waals surface area contributed by atoms with Gasteiger partial charge in [-0.25, -0.2) is 0 Å². The minimum atomic E-state index is 0.0885. The molecule has 1 amide bonds. The molecular formula is C22H23N3O. The monoisotopic (exact) mass is 345 g/mol. The van der Waals surface area contributed by atoms with Crippen LogP contribution in [0.4, 0.5) is 0 Å². The van der Waals surface area contributed by atoms with E-state index in [2.05, 4.69) is 70.5 Å². The molecule has 0 bridgehead atoms. The zero-order valence-corrected chi connectivity index (χ0v) is 14.7. The maximum atomic E-state index is 12.6. The number of amides is 1. The number of benzene rings is 2. The zero-order chi connectivity index (χ0) is 17.8. The molecule has 26 heavy (non-hydrogen) atoms. The van der Waals surface area contributed by atoms with Gasteiger partial charge < -0.3 is 9.88 Å². The van der Waals surface area contributed by atoms with E-state index in [0.29, 0.717) is 5.69 Å². The lowest BCUT2D eigenvalue weighted by Gasteiger charge is -2.39. The molecule has 0 radical (unpaired) electrons. The summed E-state index contributed by atoms with van der Waals surface area (Å²) in [5, 5.41) is 0. The van der Waals surface area contributed by atoms with Crippen LogP contribution in [-0.4, -0.2) is 46.9 Å². The van der Waals surface area contributed by atoms with Crippen LogP contribution < -0.4 is 0 Å². The van der Waals surface area contributed by atoms with Gasteiger partial charge in [-0.15, -0.1) is 0 Å². The lowest BCUT2D eigenvalue weighted by atomic mass is 9.96. The van der Waals surface area contributed by atoms with Gasteiger partial charge in [0.15, 0.2) is 0 Å². The minimum Gasteiger partial charge on any atom is -0.357 e. The number of rotatable bonds is 4. The Morgan fingerprint density at radius 3 is 1.85 bits per heavy atom. The molecule has 0 spiro atoms. The standard InChI is InChI=1S/C22H23N3O/c26-22(20-12-7-13-23-20)25-16-14-24(15-17-25)21(18-8-3-1-4-9-18)19-10-5-2-6-11-19/h1-13,21,23H,14-17H2. The summed E-state index contributed by atoms with van der Waals surface area (Å²) < 4.78 is 0. The van der Waals surface area contributed by atoms with E-state index in [-0.39, 0.29) is 11.9 Å². The molecule has 0 atom stereocenters. The molecule has 4 rings (SSSR count). The van der Waals surface area contributed by atoms with E-state index in [1.807, 2.05) is 17.0 Å². The SMILES string of the molecule is O=C(c1ccc[nH]1)N1CCN(C(c2ccccc2)c2ccccc2)CC1. The number of H-pyrrole nitrogens is 1. The van der Waals surface area contributed by atoms with Crippen molar-refractivity contribution >= 4 is 5.91 Å². The first kappa shape index (κ1) is 16.6. The highest BCUT2D eigenvalue weighted by Gasteiger charge is 2.28. The first-order chi connectivity index (χ1) is 12.8. The fourth-order valence-electron chi connectivity index (χ4n) is 3.70. The maximum absolute atomic E-state index is 12.6. The summed E-state index contributed by atoms with van der Waals surface area (Å²) in [6, 6.07) is 25.2. The first-order valence-corrected chi connectivity index (χ1v) is 9.09. The minimum absolute atomic E-state index is 0.0885. The smallest absolute Gasteiger partial charge is 0.270 e. The van der Waals surface area contributed by atoms with E-state index >= 15 is 0 Å².